The Labute approximate surface area is 95.9 Å². The predicted octanol–water partition coefficient (Wildman–Crippen LogP) is 2.80. The molecule has 16 heavy (non-hydrogen) atoms. The molecule has 86 valence electrons. The normalized spacial score (nSPS) is 17.6. The van der Waals surface area contributed by atoms with Crippen molar-refractivity contribution in [1.29, 1.82) is 0 Å². The lowest BCUT2D eigenvalue weighted by Crippen LogP contribution is -2.07. The van der Waals surface area contributed by atoms with E-state index < -0.39 is 0 Å². The highest BCUT2D eigenvalue weighted by molar-refractivity contribution is 5.74. The fraction of sp³-hybridized carbons (Fsp3) is 0.500. The molecular weight excluding hydrogens is 200 g/mol. The molecule has 1 aromatic heterocycles. The summed E-state index contributed by atoms with van der Waals surface area (Å²) in [5.41, 5.74) is 6.92. The van der Waals surface area contributed by atoms with E-state index in [0.29, 0.717) is 17.7 Å². The Bertz CT molecular complexity index is 464. The molecule has 4 heteroatoms. The second-order valence-corrected chi connectivity index (χ2v) is 5.10. The molecule has 0 saturated carbocycles. The van der Waals surface area contributed by atoms with E-state index in [1.54, 1.807) is 0 Å². The van der Waals surface area contributed by atoms with Crippen LogP contribution in [0.3, 0.4) is 0 Å². The molecule has 0 fully saturated rings. The molecule has 1 aromatic rings. The van der Waals surface area contributed by atoms with Gasteiger partial charge in [0.15, 0.2) is 0 Å². The fourth-order valence-corrected chi connectivity index (χ4v) is 1.65. The van der Waals surface area contributed by atoms with Crippen LogP contribution in [-0.2, 0) is 0 Å². The van der Waals surface area contributed by atoms with Crippen LogP contribution in [0.15, 0.2) is 11.1 Å². The van der Waals surface area contributed by atoms with Crippen LogP contribution >= 0.6 is 0 Å². The van der Waals surface area contributed by atoms with Crippen molar-refractivity contribution >= 4 is 24.2 Å². The van der Waals surface area contributed by atoms with Gasteiger partial charge in [-0.25, -0.2) is 9.98 Å². The van der Waals surface area contributed by atoms with Crippen LogP contribution in [0, 0.1) is 5.41 Å². The molecule has 0 unspecified atom stereocenters. The van der Waals surface area contributed by atoms with Crippen LogP contribution in [0.25, 0.3) is 6.20 Å². The average Bonchev–Trinajstić information content (AvgIpc) is 2.41. The second-order valence-electron chi connectivity index (χ2n) is 5.10. The number of nitrogens with two attached hydrogens (primary N) is 1. The van der Waals surface area contributed by atoms with E-state index in [1.807, 2.05) is 17.0 Å². The van der Waals surface area contributed by atoms with E-state index >= 15 is 0 Å². The van der Waals surface area contributed by atoms with Crippen molar-refractivity contribution in [1.82, 2.24) is 9.55 Å². The molecule has 0 saturated heterocycles. The Morgan fingerprint density at radius 2 is 2.06 bits per heavy atom. The molecule has 0 aliphatic carbocycles. The van der Waals surface area contributed by atoms with Crippen LogP contribution in [0.1, 0.15) is 39.3 Å². The Morgan fingerprint density at radius 1 is 1.38 bits per heavy atom. The van der Waals surface area contributed by atoms with Gasteiger partial charge in [0.2, 0.25) is 5.95 Å². The van der Waals surface area contributed by atoms with Gasteiger partial charge >= 0.3 is 0 Å². The SMILES string of the molecule is CC(C)c1nc2n(c1N)C=CC(C)(C)C=N2. The molecule has 0 spiro atoms. The minimum atomic E-state index is -0.0505. The monoisotopic (exact) mass is 218 g/mol. The first-order chi connectivity index (χ1) is 7.41. The third-order valence-electron chi connectivity index (χ3n) is 2.67. The summed E-state index contributed by atoms with van der Waals surface area (Å²) in [6.45, 7) is 8.35. The molecule has 0 aromatic carbocycles. The molecule has 0 bridgehead atoms. The Hall–Kier alpha value is -1.58. The first-order valence-corrected chi connectivity index (χ1v) is 5.53. The van der Waals surface area contributed by atoms with E-state index in [0.717, 1.165) is 5.69 Å². The molecule has 1 aliphatic rings. The first-order valence-electron chi connectivity index (χ1n) is 5.53. The number of hydrogen-bond acceptors (Lipinski definition) is 3. The molecule has 4 nitrogen and oxygen atoms in total. The number of aliphatic imine (C=N–C) groups is 1. The number of nitrogen functional groups attached to an aromatic ring is 1. The van der Waals surface area contributed by atoms with Crippen molar-refractivity contribution < 1.29 is 0 Å². The summed E-state index contributed by atoms with van der Waals surface area (Å²) in [5, 5.41) is 0. The van der Waals surface area contributed by atoms with Gasteiger partial charge < -0.3 is 5.73 Å². The average molecular weight is 218 g/mol. The Kier molecular flexibility index (Phi) is 2.37. The van der Waals surface area contributed by atoms with Crippen LogP contribution < -0.4 is 5.73 Å². The number of nitrogens with zero attached hydrogens (tertiary/aromatic N) is 3. The van der Waals surface area contributed by atoms with Crippen molar-refractivity contribution in [3.8, 4) is 0 Å². The van der Waals surface area contributed by atoms with Gasteiger partial charge in [0.05, 0.1) is 5.69 Å². The van der Waals surface area contributed by atoms with Gasteiger partial charge in [-0.2, -0.15) is 0 Å². The number of aromatic nitrogens is 2. The summed E-state index contributed by atoms with van der Waals surface area (Å²) in [5.74, 6) is 1.68. The van der Waals surface area contributed by atoms with E-state index in [2.05, 4.69) is 43.7 Å². The molecule has 1 aliphatic heterocycles. The lowest BCUT2D eigenvalue weighted by Gasteiger charge is -2.10. The number of anilines is 1. The number of allylic oxidation sites excluding steroid dienone is 1. The van der Waals surface area contributed by atoms with Gasteiger partial charge in [-0.05, 0) is 5.92 Å². The zero-order chi connectivity index (χ0) is 11.9. The molecule has 0 amide bonds. The number of hydrogen-bond donors (Lipinski definition) is 1. The fourth-order valence-electron chi connectivity index (χ4n) is 1.65. The summed E-state index contributed by atoms with van der Waals surface area (Å²) < 4.78 is 1.85. The first kappa shape index (κ1) is 10.9. The van der Waals surface area contributed by atoms with Crippen LogP contribution in [-0.4, -0.2) is 15.8 Å². The molecule has 2 N–H and O–H groups in total. The number of imidazole rings is 1. The van der Waals surface area contributed by atoms with Crippen molar-refractivity contribution in [2.75, 3.05) is 5.73 Å². The van der Waals surface area contributed by atoms with Gasteiger partial charge in [-0.1, -0.05) is 33.8 Å². The number of rotatable bonds is 1. The highest BCUT2D eigenvalue weighted by atomic mass is 15.2. The summed E-state index contributed by atoms with van der Waals surface area (Å²) in [6, 6.07) is 0. The summed E-state index contributed by atoms with van der Waals surface area (Å²) >= 11 is 0. The molecular formula is C12H18N4. The van der Waals surface area contributed by atoms with Gasteiger partial charge in [0.25, 0.3) is 0 Å². The molecule has 2 rings (SSSR count). The summed E-state index contributed by atoms with van der Waals surface area (Å²) in [4.78, 5) is 8.85. The van der Waals surface area contributed by atoms with Crippen LogP contribution in [0.4, 0.5) is 11.8 Å². The molecule has 0 radical (unpaired) electrons. The zero-order valence-electron chi connectivity index (χ0n) is 10.2. The summed E-state index contributed by atoms with van der Waals surface area (Å²) in [6.07, 6.45) is 5.94. The smallest absolute Gasteiger partial charge is 0.235 e. The van der Waals surface area contributed by atoms with Crippen molar-refractivity contribution in [3.05, 3.63) is 11.8 Å². The van der Waals surface area contributed by atoms with E-state index in [4.69, 9.17) is 5.73 Å². The molecule has 2 heterocycles. The van der Waals surface area contributed by atoms with Gasteiger partial charge in [0, 0.05) is 17.8 Å². The van der Waals surface area contributed by atoms with Crippen LogP contribution in [0.5, 0.6) is 0 Å². The maximum atomic E-state index is 6.06. The predicted molar refractivity (Wildman–Crippen MR) is 68.0 cm³/mol. The van der Waals surface area contributed by atoms with Gasteiger partial charge in [-0.15, -0.1) is 0 Å². The van der Waals surface area contributed by atoms with E-state index in [9.17, 15) is 0 Å². The highest BCUT2D eigenvalue weighted by Gasteiger charge is 2.19. The van der Waals surface area contributed by atoms with Crippen molar-refractivity contribution in [3.63, 3.8) is 0 Å². The van der Waals surface area contributed by atoms with Gasteiger partial charge in [0.1, 0.15) is 5.82 Å². The second kappa shape index (κ2) is 3.47. The summed E-state index contributed by atoms with van der Waals surface area (Å²) in [7, 11) is 0. The zero-order valence-corrected chi connectivity index (χ0v) is 10.2. The highest BCUT2D eigenvalue weighted by Crippen LogP contribution is 2.30. The van der Waals surface area contributed by atoms with E-state index in [1.165, 1.54) is 0 Å². The van der Waals surface area contributed by atoms with Crippen LogP contribution in [0.2, 0.25) is 0 Å². The Balaban J connectivity index is 2.54. The van der Waals surface area contributed by atoms with Crippen molar-refractivity contribution in [2.24, 2.45) is 10.4 Å². The third-order valence-corrected chi connectivity index (χ3v) is 2.67. The maximum absolute atomic E-state index is 6.06. The Morgan fingerprint density at radius 3 is 2.69 bits per heavy atom. The third kappa shape index (κ3) is 1.75. The molecule has 0 atom stereocenters. The standard InChI is InChI=1S/C12H18N4/c1-8(2)9-10(13)16-6-5-12(3,4)7-14-11(16)15-9/h5-8H,13H2,1-4H3. The lowest BCUT2D eigenvalue weighted by molar-refractivity contribution is 0.698. The topological polar surface area (TPSA) is 56.2 Å². The number of fused-ring (bicyclic) bond motifs is 1. The minimum absolute atomic E-state index is 0.0505. The van der Waals surface area contributed by atoms with Crippen molar-refractivity contribution in [2.45, 2.75) is 33.6 Å². The van der Waals surface area contributed by atoms with Gasteiger partial charge in [-0.3, -0.25) is 4.57 Å². The maximum Gasteiger partial charge on any atom is 0.235 e. The minimum Gasteiger partial charge on any atom is -0.383 e. The van der Waals surface area contributed by atoms with E-state index in [-0.39, 0.29) is 5.41 Å². The largest absolute Gasteiger partial charge is 0.383 e. The lowest BCUT2D eigenvalue weighted by atomic mass is 9.96. The quantitative estimate of drug-likeness (QED) is 0.788.